The fourth-order valence-corrected chi connectivity index (χ4v) is 3.98. The van der Waals surface area contributed by atoms with Gasteiger partial charge in [0.2, 0.25) is 0 Å². The highest BCUT2D eigenvalue weighted by Gasteiger charge is 2.24. The first-order chi connectivity index (χ1) is 13.1. The van der Waals surface area contributed by atoms with Crippen molar-refractivity contribution in [1.82, 2.24) is 10.3 Å². The molecule has 4 rings (SSSR count). The van der Waals surface area contributed by atoms with E-state index in [1.54, 1.807) is 12.1 Å². The zero-order valence-electron chi connectivity index (χ0n) is 15.2. The molecule has 1 fully saturated rings. The van der Waals surface area contributed by atoms with Gasteiger partial charge in [0, 0.05) is 17.4 Å². The summed E-state index contributed by atoms with van der Waals surface area (Å²) in [7, 11) is 0. The van der Waals surface area contributed by atoms with Crippen molar-refractivity contribution in [3.63, 3.8) is 0 Å². The van der Waals surface area contributed by atoms with Crippen LogP contribution in [0.3, 0.4) is 0 Å². The molecule has 2 atom stereocenters. The normalized spacial score (nSPS) is 19.5. The average Bonchev–Trinajstić information content (AvgIpc) is 3.32. The lowest BCUT2D eigenvalue weighted by molar-refractivity contribution is 0.0943. The fraction of sp³-hybridized carbons (Fsp3) is 0.318. The van der Waals surface area contributed by atoms with Gasteiger partial charge in [-0.15, -0.1) is 0 Å². The van der Waals surface area contributed by atoms with Gasteiger partial charge in [-0.2, -0.15) is 0 Å². The molecule has 140 valence electrons. The van der Waals surface area contributed by atoms with Gasteiger partial charge in [-0.05, 0) is 73.0 Å². The zero-order valence-corrected chi connectivity index (χ0v) is 15.2. The number of hydrogen-bond acceptors (Lipinski definition) is 2. The van der Waals surface area contributed by atoms with Gasteiger partial charge in [0.25, 0.3) is 5.91 Å². The van der Waals surface area contributed by atoms with Crippen LogP contribution >= 0.6 is 0 Å². The van der Waals surface area contributed by atoms with E-state index in [1.807, 2.05) is 24.3 Å². The first-order valence-corrected chi connectivity index (χ1v) is 9.49. The number of aromatic nitrogens is 1. The Kier molecular flexibility index (Phi) is 4.94. The second-order valence-electron chi connectivity index (χ2n) is 7.48. The summed E-state index contributed by atoms with van der Waals surface area (Å²) in [6, 6.07) is 14.2. The number of carbonyl (C=O) groups excluding carboxylic acids is 1. The molecule has 27 heavy (non-hydrogen) atoms. The van der Waals surface area contributed by atoms with Gasteiger partial charge in [-0.1, -0.05) is 24.3 Å². The number of hydrogen-bond donors (Lipinski definition) is 3. The molecule has 0 aliphatic heterocycles. The molecule has 4 nitrogen and oxygen atoms in total. The van der Waals surface area contributed by atoms with Crippen LogP contribution < -0.4 is 11.1 Å². The van der Waals surface area contributed by atoms with Gasteiger partial charge >= 0.3 is 0 Å². The van der Waals surface area contributed by atoms with E-state index in [0.717, 1.165) is 47.8 Å². The van der Waals surface area contributed by atoms with Crippen LogP contribution in [-0.4, -0.2) is 24.0 Å². The third-order valence-corrected chi connectivity index (χ3v) is 5.58. The van der Waals surface area contributed by atoms with Crippen LogP contribution in [0.2, 0.25) is 0 Å². The number of rotatable bonds is 5. The molecule has 1 aliphatic carbocycles. The molecule has 1 saturated carbocycles. The predicted octanol–water partition coefficient (Wildman–Crippen LogP) is 4.08. The summed E-state index contributed by atoms with van der Waals surface area (Å²) in [5.41, 5.74) is 9.12. The molecule has 0 unspecified atom stereocenters. The van der Waals surface area contributed by atoms with E-state index in [1.165, 1.54) is 12.1 Å². The Morgan fingerprint density at radius 1 is 1.07 bits per heavy atom. The summed E-state index contributed by atoms with van der Waals surface area (Å²) in [6.07, 6.45) is 3.40. The summed E-state index contributed by atoms with van der Waals surface area (Å²) < 4.78 is 13.1. The summed E-state index contributed by atoms with van der Waals surface area (Å²) in [4.78, 5) is 15.7. The van der Waals surface area contributed by atoms with Crippen molar-refractivity contribution in [1.29, 1.82) is 0 Å². The molecular weight excluding hydrogens is 341 g/mol. The standard InChI is InChI=1S/C22H24FN3O/c23-19-7-5-16(6-8-19)17-3-4-18-11-21(26-20(18)10-17)22(27)25-13-15-2-1-14(9-15)12-24/h3-8,10-11,14-15,26H,1-2,9,12-13,24H2,(H,25,27)/t14-,15-/m0/s1. The van der Waals surface area contributed by atoms with Gasteiger partial charge in [-0.3, -0.25) is 4.79 Å². The van der Waals surface area contributed by atoms with Crippen molar-refractivity contribution in [3.8, 4) is 11.1 Å². The average molecular weight is 365 g/mol. The first-order valence-electron chi connectivity index (χ1n) is 9.49. The molecular formula is C22H24FN3O. The number of nitrogens with one attached hydrogen (secondary N) is 2. The molecule has 1 amide bonds. The van der Waals surface area contributed by atoms with Gasteiger partial charge in [0.05, 0.1) is 0 Å². The Balaban J connectivity index is 1.46. The van der Waals surface area contributed by atoms with Crippen LogP contribution in [0.4, 0.5) is 4.39 Å². The molecule has 0 bridgehead atoms. The van der Waals surface area contributed by atoms with Crippen molar-refractivity contribution in [2.75, 3.05) is 13.1 Å². The Morgan fingerprint density at radius 3 is 2.56 bits per heavy atom. The second-order valence-corrected chi connectivity index (χ2v) is 7.48. The largest absolute Gasteiger partial charge is 0.351 e. The van der Waals surface area contributed by atoms with E-state index in [9.17, 15) is 9.18 Å². The monoisotopic (exact) mass is 365 g/mol. The smallest absolute Gasteiger partial charge is 0.267 e. The summed E-state index contributed by atoms with van der Waals surface area (Å²) in [5.74, 6) is 0.797. The predicted molar refractivity (Wildman–Crippen MR) is 106 cm³/mol. The minimum Gasteiger partial charge on any atom is -0.351 e. The molecule has 0 saturated heterocycles. The van der Waals surface area contributed by atoms with E-state index in [2.05, 4.69) is 10.3 Å². The Bertz CT molecular complexity index is 948. The van der Waals surface area contributed by atoms with E-state index in [4.69, 9.17) is 5.73 Å². The maximum absolute atomic E-state index is 13.1. The zero-order chi connectivity index (χ0) is 18.8. The maximum atomic E-state index is 13.1. The van der Waals surface area contributed by atoms with Gasteiger partial charge < -0.3 is 16.0 Å². The number of aromatic amines is 1. The highest BCUT2D eigenvalue weighted by atomic mass is 19.1. The third-order valence-electron chi connectivity index (χ3n) is 5.58. The number of benzene rings is 2. The quantitative estimate of drug-likeness (QED) is 0.638. The molecule has 2 aromatic carbocycles. The summed E-state index contributed by atoms with van der Waals surface area (Å²) in [5, 5.41) is 4.03. The second kappa shape index (κ2) is 7.53. The van der Waals surface area contributed by atoms with E-state index in [-0.39, 0.29) is 11.7 Å². The van der Waals surface area contributed by atoms with Crippen LogP contribution in [0.25, 0.3) is 22.0 Å². The number of halogens is 1. The topological polar surface area (TPSA) is 70.9 Å². The lowest BCUT2D eigenvalue weighted by Crippen LogP contribution is -2.28. The minimum absolute atomic E-state index is 0.0780. The highest BCUT2D eigenvalue weighted by molar-refractivity contribution is 5.98. The lowest BCUT2D eigenvalue weighted by Gasteiger charge is -2.11. The Hall–Kier alpha value is -2.66. The van der Waals surface area contributed by atoms with Crippen LogP contribution in [0, 0.1) is 17.7 Å². The van der Waals surface area contributed by atoms with E-state index >= 15 is 0 Å². The first kappa shape index (κ1) is 17.7. The molecule has 1 aromatic heterocycles. The van der Waals surface area contributed by atoms with Gasteiger partial charge in [0.15, 0.2) is 0 Å². The van der Waals surface area contributed by atoms with Gasteiger partial charge in [-0.25, -0.2) is 4.39 Å². The number of H-pyrrole nitrogens is 1. The molecule has 5 heteroatoms. The number of amides is 1. The van der Waals surface area contributed by atoms with Crippen LogP contribution in [0.1, 0.15) is 29.8 Å². The van der Waals surface area contributed by atoms with Crippen LogP contribution in [0.5, 0.6) is 0 Å². The fourth-order valence-electron chi connectivity index (χ4n) is 3.98. The highest BCUT2D eigenvalue weighted by Crippen LogP contribution is 2.29. The van der Waals surface area contributed by atoms with E-state index < -0.39 is 0 Å². The lowest BCUT2D eigenvalue weighted by atomic mass is 10.0. The summed E-state index contributed by atoms with van der Waals surface area (Å²) >= 11 is 0. The number of carbonyl (C=O) groups is 1. The molecule has 0 spiro atoms. The van der Waals surface area contributed by atoms with Gasteiger partial charge in [0.1, 0.15) is 11.5 Å². The van der Waals surface area contributed by atoms with Crippen molar-refractivity contribution < 1.29 is 9.18 Å². The number of nitrogens with two attached hydrogens (primary N) is 1. The van der Waals surface area contributed by atoms with E-state index in [0.29, 0.717) is 24.1 Å². The molecule has 4 N–H and O–H groups in total. The van der Waals surface area contributed by atoms with Crippen LogP contribution in [0.15, 0.2) is 48.5 Å². The molecule has 1 aliphatic rings. The molecule has 3 aromatic rings. The number of fused-ring (bicyclic) bond motifs is 1. The Morgan fingerprint density at radius 2 is 1.81 bits per heavy atom. The maximum Gasteiger partial charge on any atom is 0.267 e. The minimum atomic E-state index is -0.251. The van der Waals surface area contributed by atoms with Crippen molar-refractivity contribution in [3.05, 3.63) is 60.0 Å². The van der Waals surface area contributed by atoms with Crippen molar-refractivity contribution >= 4 is 16.8 Å². The molecule has 1 heterocycles. The summed E-state index contributed by atoms with van der Waals surface area (Å²) in [6.45, 7) is 1.44. The van der Waals surface area contributed by atoms with Crippen molar-refractivity contribution in [2.24, 2.45) is 17.6 Å². The Labute approximate surface area is 158 Å². The SMILES string of the molecule is NC[C@H]1CC[C@H](CNC(=O)c2cc3ccc(-c4ccc(F)cc4)cc3[nH]2)C1. The third kappa shape index (κ3) is 3.88. The van der Waals surface area contributed by atoms with Crippen LogP contribution in [-0.2, 0) is 0 Å². The van der Waals surface area contributed by atoms with Crippen molar-refractivity contribution in [2.45, 2.75) is 19.3 Å². The molecule has 0 radical (unpaired) electrons.